The lowest BCUT2D eigenvalue weighted by Crippen LogP contribution is -2.31. The molecule has 2 aromatic heterocycles. The minimum Gasteiger partial charge on any atom is -0.494 e. The summed E-state index contributed by atoms with van der Waals surface area (Å²) in [7, 11) is 1.55. The topological polar surface area (TPSA) is 94.2 Å². The van der Waals surface area contributed by atoms with E-state index >= 15 is 0 Å². The van der Waals surface area contributed by atoms with E-state index in [1.807, 2.05) is 23.8 Å². The third-order valence-corrected chi connectivity index (χ3v) is 5.26. The Bertz CT molecular complexity index is 1340. The van der Waals surface area contributed by atoms with Crippen molar-refractivity contribution in [2.45, 2.75) is 13.0 Å². The van der Waals surface area contributed by atoms with Crippen molar-refractivity contribution in [3.63, 3.8) is 0 Å². The molecule has 1 atom stereocenters. The zero-order chi connectivity index (χ0) is 23.5. The lowest BCUT2D eigenvalue weighted by Gasteiger charge is -2.18. The van der Waals surface area contributed by atoms with E-state index in [-0.39, 0.29) is 10.8 Å². The fourth-order valence-corrected chi connectivity index (χ4v) is 3.66. The van der Waals surface area contributed by atoms with Crippen LogP contribution in [0, 0.1) is 12.7 Å². The van der Waals surface area contributed by atoms with Gasteiger partial charge in [-0.1, -0.05) is 23.7 Å². The molecule has 0 saturated carbocycles. The summed E-state index contributed by atoms with van der Waals surface area (Å²) in [5, 5.41) is 17.1. The number of methoxy groups -OCH3 is 1. The van der Waals surface area contributed by atoms with E-state index < -0.39 is 24.0 Å². The van der Waals surface area contributed by atoms with Crippen LogP contribution in [0.4, 0.5) is 15.8 Å². The number of aromatic nitrogens is 4. The third-order valence-electron chi connectivity index (χ3n) is 5.08. The number of hydrogen-bond acceptors (Lipinski definition) is 6. The summed E-state index contributed by atoms with van der Waals surface area (Å²) in [5.74, 6) is 0.143. The normalized spacial score (nSPS) is 11.9. The van der Waals surface area contributed by atoms with Gasteiger partial charge in [0.2, 0.25) is 0 Å². The SMILES string of the molecule is COc1cc(Nc2cc(Cl)nn([C@@H](CO)c3ccc(F)cc3)c2=O)ccc1-n1cnc(C)c1. The monoisotopic (exact) mass is 469 g/mol. The third kappa shape index (κ3) is 4.74. The maximum Gasteiger partial charge on any atom is 0.291 e. The Balaban J connectivity index is 1.70. The number of benzene rings is 2. The first-order valence-electron chi connectivity index (χ1n) is 10.0. The van der Waals surface area contributed by atoms with E-state index in [0.29, 0.717) is 17.0 Å². The number of rotatable bonds is 7. The van der Waals surface area contributed by atoms with Crippen molar-refractivity contribution in [1.29, 1.82) is 0 Å². The second-order valence-electron chi connectivity index (χ2n) is 7.31. The van der Waals surface area contributed by atoms with Crippen LogP contribution in [-0.4, -0.2) is 38.2 Å². The zero-order valence-corrected chi connectivity index (χ0v) is 18.6. The van der Waals surface area contributed by atoms with Crippen molar-refractivity contribution >= 4 is 23.0 Å². The Hall–Kier alpha value is -3.69. The van der Waals surface area contributed by atoms with Gasteiger partial charge in [0.1, 0.15) is 23.3 Å². The minimum atomic E-state index is -0.834. The van der Waals surface area contributed by atoms with Gasteiger partial charge in [-0.2, -0.15) is 5.10 Å². The number of anilines is 2. The fraction of sp³-hybridized carbons (Fsp3) is 0.174. The minimum absolute atomic E-state index is 0.0511. The Morgan fingerprint density at radius 1 is 1.21 bits per heavy atom. The number of nitrogens with one attached hydrogen (secondary N) is 1. The summed E-state index contributed by atoms with van der Waals surface area (Å²) in [6, 6.07) is 11.4. The van der Waals surface area contributed by atoms with Gasteiger partial charge < -0.3 is 19.7 Å². The van der Waals surface area contributed by atoms with E-state index in [1.165, 1.54) is 30.3 Å². The Labute approximate surface area is 193 Å². The second-order valence-corrected chi connectivity index (χ2v) is 7.70. The first-order valence-corrected chi connectivity index (χ1v) is 10.4. The molecule has 170 valence electrons. The molecule has 2 aromatic carbocycles. The maximum absolute atomic E-state index is 13.3. The van der Waals surface area contributed by atoms with Crippen LogP contribution in [0.1, 0.15) is 17.3 Å². The van der Waals surface area contributed by atoms with E-state index in [1.54, 1.807) is 25.6 Å². The van der Waals surface area contributed by atoms with Crippen molar-refractivity contribution < 1.29 is 14.2 Å². The van der Waals surface area contributed by atoms with Gasteiger partial charge in [-0.15, -0.1) is 0 Å². The molecule has 10 heteroatoms. The molecular weight excluding hydrogens is 449 g/mol. The van der Waals surface area contributed by atoms with Crippen molar-refractivity contribution in [2.24, 2.45) is 0 Å². The molecule has 0 saturated heterocycles. The molecule has 0 spiro atoms. The lowest BCUT2D eigenvalue weighted by molar-refractivity contribution is 0.237. The zero-order valence-electron chi connectivity index (χ0n) is 17.9. The highest BCUT2D eigenvalue weighted by Crippen LogP contribution is 2.28. The molecule has 2 heterocycles. The summed E-state index contributed by atoms with van der Waals surface area (Å²) in [4.78, 5) is 17.4. The quantitative estimate of drug-likeness (QED) is 0.427. The molecule has 0 aliphatic rings. The van der Waals surface area contributed by atoms with Crippen LogP contribution in [0.25, 0.3) is 5.69 Å². The van der Waals surface area contributed by atoms with Crippen LogP contribution in [0.2, 0.25) is 5.15 Å². The first-order chi connectivity index (χ1) is 15.9. The molecular formula is C23H21ClFN5O3. The molecule has 0 unspecified atom stereocenters. The van der Waals surface area contributed by atoms with Gasteiger partial charge in [-0.25, -0.2) is 14.1 Å². The van der Waals surface area contributed by atoms with Gasteiger partial charge in [-0.3, -0.25) is 4.79 Å². The number of hydrogen-bond donors (Lipinski definition) is 2. The van der Waals surface area contributed by atoms with E-state index in [4.69, 9.17) is 16.3 Å². The summed E-state index contributed by atoms with van der Waals surface area (Å²) in [5.41, 5.74) is 2.40. The summed E-state index contributed by atoms with van der Waals surface area (Å²) >= 11 is 6.18. The highest BCUT2D eigenvalue weighted by molar-refractivity contribution is 6.29. The number of imidazole rings is 1. The molecule has 0 bridgehead atoms. The number of halogens is 2. The Kier molecular flexibility index (Phi) is 6.43. The van der Waals surface area contributed by atoms with Gasteiger partial charge in [0.25, 0.3) is 5.56 Å². The van der Waals surface area contributed by atoms with Crippen molar-refractivity contribution in [3.8, 4) is 11.4 Å². The molecule has 8 nitrogen and oxygen atoms in total. The van der Waals surface area contributed by atoms with E-state index in [9.17, 15) is 14.3 Å². The number of nitrogens with zero attached hydrogens (tertiary/aromatic N) is 4. The van der Waals surface area contributed by atoms with Crippen molar-refractivity contribution in [1.82, 2.24) is 19.3 Å². The van der Waals surface area contributed by atoms with E-state index in [2.05, 4.69) is 15.4 Å². The van der Waals surface area contributed by atoms with Crippen LogP contribution in [0.3, 0.4) is 0 Å². The standard InChI is InChI=1S/C23H21ClFN5O3/c1-14-11-29(13-26-14)19-8-7-17(9-21(19)33-2)27-18-10-22(24)28-30(23(18)32)20(12-31)15-3-5-16(25)6-4-15/h3-11,13,20,27,31H,12H2,1-2H3/t20-/m0/s1. The molecule has 0 aliphatic carbocycles. The Morgan fingerprint density at radius 3 is 2.61 bits per heavy atom. The van der Waals surface area contributed by atoms with Gasteiger partial charge in [0, 0.05) is 24.0 Å². The van der Waals surface area contributed by atoms with Crippen LogP contribution in [0.15, 0.2) is 65.8 Å². The van der Waals surface area contributed by atoms with Gasteiger partial charge in [0.15, 0.2) is 5.15 Å². The fourth-order valence-electron chi connectivity index (χ4n) is 3.47. The molecule has 4 rings (SSSR count). The lowest BCUT2D eigenvalue weighted by atomic mass is 10.1. The summed E-state index contributed by atoms with van der Waals surface area (Å²) < 4.78 is 21.7. The van der Waals surface area contributed by atoms with Crippen LogP contribution < -0.4 is 15.6 Å². The van der Waals surface area contributed by atoms with Gasteiger partial charge in [-0.05, 0) is 36.8 Å². The molecule has 2 N–H and O–H groups in total. The van der Waals surface area contributed by atoms with Crippen molar-refractivity contribution in [2.75, 3.05) is 19.0 Å². The predicted octanol–water partition coefficient (Wildman–Crippen LogP) is 3.86. The van der Waals surface area contributed by atoms with Gasteiger partial charge in [0.05, 0.1) is 31.4 Å². The molecule has 33 heavy (non-hydrogen) atoms. The number of aliphatic hydroxyl groups is 1. The second kappa shape index (κ2) is 9.43. The molecule has 0 radical (unpaired) electrons. The largest absolute Gasteiger partial charge is 0.494 e. The summed E-state index contributed by atoms with van der Waals surface area (Å²) in [6.07, 6.45) is 3.56. The molecule has 0 fully saturated rings. The smallest absolute Gasteiger partial charge is 0.291 e. The van der Waals surface area contributed by atoms with Crippen molar-refractivity contribution in [3.05, 3.63) is 93.6 Å². The molecule has 0 aliphatic heterocycles. The van der Waals surface area contributed by atoms with Gasteiger partial charge >= 0.3 is 0 Å². The van der Waals surface area contributed by atoms with Crippen LogP contribution in [-0.2, 0) is 0 Å². The average Bonchev–Trinajstić information content (AvgIpc) is 3.24. The first kappa shape index (κ1) is 22.5. The van der Waals surface area contributed by atoms with Crippen LogP contribution >= 0.6 is 11.6 Å². The molecule has 4 aromatic rings. The number of aryl methyl sites for hydroxylation is 1. The maximum atomic E-state index is 13.3. The molecule has 0 amide bonds. The average molecular weight is 470 g/mol. The Morgan fingerprint density at radius 2 is 1.97 bits per heavy atom. The van der Waals surface area contributed by atoms with E-state index in [0.717, 1.165) is 16.1 Å². The number of aliphatic hydroxyl groups excluding tert-OH is 1. The predicted molar refractivity (Wildman–Crippen MR) is 123 cm³/mol. The van der Waals surface area contributed by atoms with Crippen LogP contribution in [0.5, 0.6) is 5.75 Å². The summed E-state index contributed by atoms with van der Waals surface area (Å²) in [6.45, 7) is 1.47. The number of ether oxygens (including phenoxy) is 1. The highest BCUT2D eigenvalue weighted by atomic mass is 35.5. The highest BCUT2D eigenvalue weighted by Gasteiger charge is 2.19.